The number of hydrogen-bond acceptors (Lipinski definition) is 3. The first-order chi connectivity index (χ1) is 13.5. The highest BCUT2D eigenvalue weighted by molar-refractivity contribution is 5.82. The Morgan fingerprint density at radius 2 is 1.75 bits per heavy atom. The zero-order valence-corrected chi connectivity index (χ0v) is 16.9. The molecule has 1 heterocycles. The molecule has 1 saturated heterocycles. The smallest absolute Gasteiger partial charge is 0.163 e. The molecule has 0 spiro atoms. The van der Waals surface area contributed by atoms with Crippen LogP contribution in [0.3, 0.4) is 0 Å². The van der Waals surface area contributed by atoms with Crippen LogP contribution in [0.4, 0.5) is 0 Å². The molecule has 1 aliphatic rings. The van der Waals surface area contributed by atoms with E-state index in [1.807, 2.05) is 26.0 Å². The van der Waals surface area contributed by atoms with Crippen LogP contribution in [0, 0.1) is 0 Å². The molecule has 3 aromatic carbocycles. The molecule has 0 aromatic heterocycles. The van der Waals surface area contributed by atoms with Gasteiger partial charge in [-0.1, -0.05) is 55.5 Å². The van der Waals surface area contributed by atoms with Gasteiger partial charge in [0.1, 0.15) is 12.4 Å². The lowest BCUT2D eigenvalue weighted by Crippen LogP contribution is -2.46. The van der Waals surface area contributed by atoms with Gasteiger partial charge in [0.25, 0.3) is 0 Å². The summed E-state index contributed by atoms with van der Waals surface area (Å²) in [6.45, 7) is 7.38. The van der Waals surface area contributed by atoms with Gasteiger partial charge in [-0.15, -0.1) is 0 Å². The van der Waals surface area contributed by atoms with Crippen molar-refractivity contribution in [1.82, 2.24) is 0 Å². The van der Waals surface area contributed by atoms with Crippen LogP contribution in [-0.4, -0.2) is 12.4 Å². The third-order valence-corrected chi connectivity index (χ3v) is 5.55. The molecule has 1 aliphatic heterocycles. The standard InChI is InChI=1S/C25H28O3/c1-4-25(14-15-27-24(2,3)28-25)22-10-7-11-23(17-22)26-18-19-12-13-20-8-5-6-9-21(20)16-19/h5-13,16-17H,4,14-15,18H2,1-3H3. The van der Waals surface area contributed by atoms with Gasteiger partial charge in [-0.05, 0) is 60.4 Å². The van der Waals surface area contributed by atoms with Crippen LogP contribution >= 0.6 is 0 Å². The van der Waals surface area contributed by atoms with E-state index < -0.39 is 5.79 Å². The van der Waals surface area contributed by atoms with Crippen molar-refractivity contribution in [3.05, 3.63) is 77.9 Å². The lowest BCUT2D eigenvalue weighted by atomic mass is 9.86. The van der Waals surface area contributed by atoms with E-state index in [4.69, 9.17) is 14.2 Å². The molecule has 3 nitrogen and oxygen atoms in total. The minimum Gasteiger partial charge on any atom is -0.489 e. The van der Waals surface area contributed by atoms with Gasteiger partial charge < -0.3 is 14.2 Å². The Morgan fingerprint density at radius 3 is 2.54 bits per heavy atom. The van der Waals surface area contributed by atoms with E-state index >= 15 is 0 Å². The Labute approximate surface area is 167 Å². The minimum atomic E-state index is -0.573. The number of fused-ring (bicyclic) bond motifs is 1. The normalized spacial score (nSPS) is 21.5. The first-order valence-corrected chi connectivity index (χ1v) is 10.0. The summed E-state index contributed by atoms with van der Waals surface area (Å²) >= 11 is 0. The highest BCUT2D eigenvalue weighted by Gasteiger charge is 2.41. The van der Waals surface area contributed by atoms with Gasteiger partial charge in [-0.25, -0.2) is 0 Å². The van der Waals surface area contributed by atoms with Gasteiger partial charge in [-0.2, -0.15) is 0 Å². The third-order valence-electron chi connectivity index (χ3n) is 5.55. The second-order valence-corrected chi connectivity index (χ2v) is 7.95. The van der Waals surface area contributed by atoms with Crippen LogP contribution < -0.4 is 4.74 Å². The molecule has 1 fully saturated rings. The van der Waals surface area contributed by atoms with Gasteiger partial charge in [-0.3, -0.25) is 0 Å². The molecule has 3 heteroatoms. The molecule has 1 atom stereocenters. The molecule has 0 N–H and O–H groups in total. The summed E-state index contributed by atoms with van der Waals surface area (Å²) in [7, 11) is 0. The topological polar surface area (TPSA) is 27.7 Å². The SMILES string of the molecule is CCC1(c2cccc(OCc3ccc4ccccc4c3)c2)CCOC(C)(C)O1. The van der Waals surface area contributed by atoms with E-state index in [-0.39, 0.29) is 5.60 Å². The first kappa shape index (κ1) is 19.0. The molecular weight excluding hydrogens is 348 g/mol. The van der Waals surface area contributed by atoms with Gasteiger partial charge in [0.15, 0.2) is 5.79 Å². The molecule has 4 rings (SSSR count). The van der Waals surface area contributed by atoms with Gasteiger partial charge in [0.05, 0.1) is 12.2 Å². The van der Waals surface area contributed by atoms with E-state index in [1.165, 1.54) is 10.8 Å². The Kier molecular flexibility index (Phi) is 5.13. The highest BCUT2D eigenvalue weighted by atomic mass is 16.7. The van der Waals surface area contributed by atoms with Crippen molar-refractivity contribution in [1.29, 1.82) is 0 Å². The summed E-state index contributed by atoms with van der Waals surface area (Å²) in [6, 6.07) is 23.2. The van der Waals surface area contributed by atoms with E-state index in [0.717, 1.165) is 29.7 Å². The fraction of sp³-hybridized carbons (Fsp3) is 0.360. The van der Waals surface area contributed by atoms with Crippen LogP contribution in [0.2, 0.25) is 0 Å². The van der Waals surface area contributed by atoms with E-state index in [0.29, 0.717) is 13.2 Å². The van der Waals surface area contributed by atoms with Crippen molar-refractivity contribution < 1.29 is 14.2 Å². The second-order valence-electron chi connectivity index (χ2n) is 7.95. The monoisotopic (exact) mass is 376 g/mol. The van der Waals surface area contributed by atoms with Gasteiger partial charge in [0.2, 0.25) is 0 Å². The van der Waals surface area contributed by atoms with Crippen LogP contribution in [0.1, 0.15) is 44.7 Å². The summed E-state index contributed by atoms with van der Waals surface area (Å²) in [5.74, 6) is 0.294. The predicted octanol–water partition coefficient (Wildman–Crippen LogP) is 6.20. The number of rotatable bonds is 5. The molecule has 0 saturated carbocycles. The molecule has 0 bridgehead atoms. The zero-order valence-electron chi connectivity index (χ0n) is 16.9. The number of hydrogen-bond donors (Lipinski definition) is 0. The maximum Gasteiger partial charge on any atom is 0.163 e. The van der Waals surface area contributed by atoms with Crippen molar-refractivity contribution in [2.24, 2.45) is 0 Å². The largest absolute Gasteiger partial charge is 0.489 e. The lowest BCUT2D eigenvalue weighted by Gasteiger charge is -2.45. The first-order valence-electron chi connectivity index (χ1n) is 10.0. The van der Waals surface area contributed by atoms with Crippen molar-refractivity contribution in [2.45, 2.75) is 51.6 Å². The van der Waals surface area contributed by atoms with Gasteiger partial charge >= 0.3 is 0 Å². The fourth-order valence-electron chi connectivity index (χ4n) is 4.03. The number of benzene rings is 3. The Morgan fingerprint density at radius 1 is 0.929 bits per heavy atom. The average Bonchev–Trinajstić information content (AvgIpc) is 2.71. The molecular formula is C25H28O3. The molecule has 0 aliphatic carbocycles. The predicted molar refractivity (Wildman–Crippen MR) is 112 cm³/mol. The van der Waals surface area contributed by atoms with Crippen LogP contribution in [-0.2, 0) is 21.7 Å². The fourth-order valence-corrected chi connectivity index (χ4v) is 4.03. The zero-order chi connectivity index (χ0) is 19.6. The molecule has 28 heavy (non-hydrogen) atoms. The molecule has 0 amide bonds. The third kappa shape index (κ3) is 3.91. The average molecular weight is 376 g/mol. The van der Waals surface area contributed by atoms with E-state index in [2.05, 4.69) is 61.5 Å². The van der Waals surface area contributed by atoms with E-state index in [9.17, 15) is 0 Å². The molecule has 0 radical (unpaired) electrons. The van der Waals surface area contributed by atoms with Crippen LogP contribution in [0.25, 0.3) is 10.8 Å². The lowest BCUT2D eigenvalue weighted by molar-refractivity contribution is -0.316. The van der Waals surface area contributed by atoms with Gasteiger partial charge in [0, 0.05) is 6.42 Å². The Bertz CT molecular complexity index is 963. The molecule has 146 valence electrons. The van der Waals surface area contributed by atoms with Crippen molar-refractivity contribution in [3.63, 3.8) is 0 Å². The summed E-state index contributed by atoms with van der Waals surface area (Å²) in [4.78, 5) is 0. The maximum atomic E-state index is 6.38. The van der Waals surface area contributed by atoms with E-state index in [1.54, 1.807) is 0 Å². The van der Waals surface area contributed by atoms with Crippen LogP contribution in [0.5, 0.6) is 5.75 Å². The van der Waals surface area contributed by atoms with Crippen molar-refractivity contribution in [2.75, 3.05) is 6.61 Å². The maximum absolute atomic E-state index is 6.38. The highest BCUT2D eigenvalue weighted by Crippen LogP contribution is 2.42. The minimum absolute atomic E-state index is 0.329. The summed E-state index contributed by atoms with van der Waals surface area (Å²) in [5, 5.41) is 2.48. The van der Waals surface area contributed by atoms with Crippen molar-refractivity contribution in [3.8, 4) is 5.75 Å². The van der Waals surface area contributed by atoms with Crippen molar-refractivity contribution >= 4 is 10.8 Å². The quantitative estimate of drug-likeness (QED) is 0.531. The van der Waals surface area contributed by atoms with Crippen LogP contribution in [0.15, 0.2) is 66.7 Å². The summed E-state index contributed by atoms with van der Waals surface area (Å²) in [6.07, 6.45) is 1.75. The summed E-state index contributed by atoms with van der Waals surface area (Å²) < 4.78 is 18.3. The Balaban J connectivity index is 1.53. The Hall–Kier alpha value is -2.36. The number of ether oxygens (including phenoxy) is 3. The molecule has 3 aromatic rings. The summed E-state index contributed by atoms with van der Waals surface area (Å²) in [5.41, 5.74) is 1.99. The second kappa shape index (κ2) is 7.57. The molecule has 1 unspecified atom stereocenters.